The Morgan fingerprint density at radius 1 is 0.373 bits per heavy atom. The minimum atomic E-state index is -2.75. The Morgan fingerprint density at radius 3 is 0.843 bits per heavy atom. The van der Waals surface area contributed by atoms with Crippen LogP contribution in [-0.2, 0) is 14.4 Å². The van der Waals surface area contributed by atoms with E-state index in [9.17, 15) is 29.7 Å². The van der Waals surface area contributed by atoms with Crippen molar-refractivity contribution in [1.29, 1.82) is 0 Å². The highest BCUT2D eigenvalue weighted by Crippen LogP contribution is 2.25. The zero-order valence-electron chi connectivity index (χ0n) is 34.2. The Bertz CT molecular complexity index is 777. The molecular formula is C45H86O6. The first-order valence-electron chi connectivity index (χ1n) is 22.4. The number of aliphatic hydroxyl groups is 3. The van der Waals surface area contributed by atoms with E-state index in [1.807, 2.05) is 0 Å². The second-order valence-corrected chi connectivity index (χ2v) is 15.8. The predicted molar refractivity (Wildman–Crippen MR) is 215 cm³/mol. The van der Waals surface area contributed by atoms with Gasteiger partial charge in [-0.2, -0.15) is 0 Å². The van der Waals surface area contributed by atoms with Crippen molar-refractivity contribution in [3.63, 3.8) is 0 Å². The maximum atomic E-state index is 13.4. The Balaban J connectivity index is 4.71. The number of hydrogen-bond acceptors (Lipinski definition) is 6. The van der Waals surface area contributed by atoms with Crippen LogP contribution in [0, 0.1) is 0 Å². The van der Waals surface area contributed by atoms with Gasteiger partial charge in [-0.15, -0.1) is 0 Å². The minimum Gasteiger partial charge on any atom is -0.386 e. The van der Waals surface area contributed by atoms with Crippen LogP contribution < -0.4 is 0 Å². The number of rotatable bonds is 41. The summed E-state index contributed by atoms with van der Waals surface area (Å²) in [6.45, 7) is 6.66. The number of carbonyl (C=O) groups excluding carboxylic acids is 3. The molecule has 6 heteroatoms. The van der Waals surface area contributed by atoms with Gasteiger partial charge in [-0.25, -0.2) is 0 Å². The highest BCUT2D eigenvalue weighted by atomic mass is 16.4. The molecule has 0 saturated carbocycles. The zero-order chi connectivity index (χ0) is 37.8. The molecule has 2 unspecified atom stereocenters. The molecule has 3 N–H and O–H groups in total. The molecule has 0 saturated heterocycles. The van der Waals surface area contributed by atoms with Gasteiger partial charge in [0, 0.05) is 19.3 Å². The largest absolute Gasteiger partial charge is 0.386 e. The summed E-state index contributed by atoms with van der Waals surface area (Å²) in [5.41, 5.74) is -2.75. The minimum absolute atomic E-state index is 0.0488. The van der Waals surface area contributed by atoms with Gasteiger partial charge in [0.25, 0.3) is 0 Å². The Kier molecular flexibility index (Phi) is 35.1. The molecule has 0 amide bonds. The lowest BCUT2D eigenvalue weighted by Gasteiger charge is -2.32. The van der Waals surface area contributed by atoms with E-state index in [0.717, 1.165) is 57.8 Å². The van der Waals surface area contributed by atoms with Gasteiger partial charge in [-0.05, 0) is 19.3 Å². The van der Waals surface area contributed by atoms with Gasteiger partial charge in [0.05, 0.1) is 0 Å². The van der Waals surface area contributed by atoms with E-state index in [4.69, 9.17) is 0 Å². The van der Waals surface area contributed by atoms with Crippen LogP contribution in [0.15, 0.2) is 0 Å². The first-order chi connectivity index (χ1) is 24.8. The maximum absolute atomic E-state index is 13.4. The van der Waals surface area contributed by atoms with Crippen molar-refractivity contribution in [3.05, 3.63) is 0 Å². The Morgan fingerprint density at radius 2 is 0.588 bits per heavy atom. The lowest BCUT2D eigenvalue weighted by atomic mass is 9.79. The maximum Gasteiger partial charge on any atom is 0.210 e. The second kappa shape index (κ2) is 35.9. The summed E-state index contributed by atoms with van der Waals surface area (Å²) in [5, 5.41) is 33.5. The molecule has 0 aliphatic heterocycles. The molecule has 2 atom stereocenters. The number of ketones is 3. The molecule has 0 spiro atoms. The Hall–Kier alpha value is -1.11. The van der Waals surface area contributed by atoms with Crippen LogP contribution >= 0.6 is 0 Å². The first kappa shape index (κ1) is 49.9. The molecule has 0 aromatic rings. The van der Waals surface area contributed by atoms with E-state index in [2.05, 4.69) is 20.8 Å². The van der Waals surface area contributed by atoms with Crippen molar-refractivity contribution >= 4 is 17.3 Å². The summed E-state index contributed by atoms with van der Waals surface area (Å²) in [4.78, 5) is 39.7. The monoisotopic (exact) mass is 723 g/mol. The van der Waals surface area contributed by atoms with E-state index in [0.29, 0.717) is 19.3 Å². The standard InChI is InChI=1S/C45H86O6/c1-4-7-10-13-16-19-20-21-22-23-24-27-28-31-34-37-40(46)43(49)44(50)45(51,41(47)38-35-32-29-25-17-14-11-8-5-2)42(48)39-36-33-30-26-18-15-12-9-6-3/h43-44,49-51H,4-39H2,1-3H3. The van der Waals surface area contributed by atoms with Crippen molar-refractivity contribution in [1.82, 2.24) is 0 Å². The van der Waals surface area contributed by atoms with Gasteiger partial charge >= 0.3 is 0 Å². The molecular weight excluding hydrogens is 636 g/mol. The highest BCUT2D eigenvalue weighted by molar-refractivity contribution is 6.11. The summed E-state index contributed by atoms with van der Waals surface area (Å²) in [5.74, 6) is -2.14. The Labute approximate surface area is 316 Å². The third-order valence-electron chi connectivity index (χ3n) is 10.9. The van der Waals surface area contributed by atoms with Crippen LogP contribution in [0.5, 0.6) is 0 Å². The van der Waals surface area contributed by atoms with Gasteiger partial charge in [-0.3, -0.25) is 14.4 Å². The molecule has 51 heavy (non-hydrogen) atoms. The average Bonchev–Trinajstić information content (AvgIpc) is 3.13. The van der Waals surface area contributed by atoms with Crippen molar-refractivity contribution in [2.75, 3.05) is 0 Å². The molecule has 0 rings (SSSR count). The van der Waals surface area contributed by atoms with Crippen LogP contribution in [-0.4, -0.2) is 50.5 Å². The first-order valence-corrected chi connectivity index (χ1v) is 22.4. The van der Waals surface area contributed by atoms with Crippen molar-refractivity contribution in [2.24, 2.45) is 0 Å². The number of carbonyl (C=O) groups is 3. The topological polar surface area (TPSA) is 112 Å². The van der Waals surface area contributed by atoms with Crippen LogP contribution in [0.1, 0.15) is 252 Å². The fourth-order valence-electron chi connectivity index (χ4n) is 7.28. The fraction of sp³-hybridized carbons (Fsp3) is 0.933. The quantitative estimate of drug-likeness (QED) is 0.0428. The molecule has 0 aliphatic carbocycles. The van der Waals surface area contributed by atoms with E-state index in [1.165, 1.54) is 135 Å². The summed E-state index contributed by atoms with van der Waals surface area (Å²) in [6.07, 6.45) is 33.0. The second-order valence-electron chi connectivity index (χ2n) is 15.8. The number of aliphatic hydroxyl groups excluding tert-OH is 2. The number of hydrogen-bond donors (Lipinski definition) is 3. The molecule has 0 fully saturated rings. The van der Waals surface area contributed by atoms with E-state index in [1.54, 1.807) is 0 Å². The molecule has 6 nitrogen and oxygen atoms in total. The van der Waals surface area contributed by atoms with Gasteiger partial charge in [0.1, 0.15) is 12.2 Å². The fourth-order valence-corrected chi connectivity index (χ4v) is 7.28. The lowest BCUT2D eigenvalue weighted by Crippen LogP contribution is -2.61. The molecule has 0 aromatic heterocycles. The molecule has 0 aliphatic rings. The van der Waals surface area contributed by atoms with E-state index in [-0.39, 0.29) is 19.3 Å². The lowest BCUT2D eigenvalue weighted by molar-refractivity contribution is -0.174. The zero-order valence-corrected chi connectivity index (χ0v) is 34.2. The molecule has 0 radical (unpaired) electrons. The summed E-state index contributed by atoms with van der Waals surface area (Å²) < 4.78 is 0. The molecule has 0 heterocycles. The third-order valence-corrected chi connectivity index (χ3v) is 10.9. The third kappa shape index (κ3) is 26.3. The predicted octanol–water partition coefficient (Wildman–Crippen LogP) is 12.2. The molecule has 0 aromatic carbocycles. The van der Waals surface area contributed by atoms with Crippen LogP contribution in [0.2, 0.25) is 0 Å². The molecule has 0 bridgehead atoms. The van der Waals surface area contributed by atoms with Crippen molar-refractivity contribution < 1.29 is 29.7 Å². The van der Waals surface area contributed by atoms with E-state index >= 15 is 0 Å². The van der Waals surface area contributed by atoms with Crippen LogP contribution in [0.25, 0.3) is 0 Å². The molecule has 302 valence electrons. The van der Waals surface area contributed by atoms with Crippen LogP contribution in [0.4, 0.5) is 0 Å². The summed E-state index contributed by atoms with van der Waals surface area (Å²) in [7, 11) is 0. The van der Waals surface area contributed by atoms with Crippen molar-refractivity contribution in [3.8, 4) is 0 Å². The highest BCUT2D eigenvalue weighted by Gasteiger charge is 2.52. The smallest absolute Gasteiger partial charge is 0.210 e. The summed E-state index contributed by atoms with van der Waals surface area (Å²) in [6, 6.07) is 0. The number of unbranched alkanes of at least 4 members (excludes halogenated alkanes) is 30. The SMILES string of the molecule is CCCCCCCCCCCCCCCCCC(=O)C(O)C(O)C(O)(C(=O)CCCCCCCCCCC)C(=O)CCCCCCCCCCC. The van der Waals surface area contributed by atoms with Gasteiger partial charge < -0.3 is 15.3 Å². The number of Topliss-reactive ketones (excluding diaryl/α,β-unsaturated/α-hetero) is 3. The van der Waals surface area contributed by atoms with E-state index < -0.39 is 35.2 Å². The van der Waals surface area contributed by atoms with Crippen LogP contribution in [0.3, 0.4) is 0 Å². The van der Waals surface area contributed by atoms with Gasteiger partial charge in [0.15, 0.2) is 17.3 Å². The van der Waals surface area contributed by atoms with Gasteiger partial charge in [-0.1, -0.05) is 213 Å². The average molecular weight is 723 g/mol. The van der Waals surface area contributed by atoms with Crippen molar-refractivity contribution in [2.45, 2.75) is 270 Å². The normalized spacial score (nSPS) is 13.1. The van der Waals surface area contributed by atoms with Gasteiger partial charge in [0.2, 0.25) is 5.60 Å². The summed E-state index contributed by atoms with van der Waals surface area (Å²) >= 11 is 0.